The normalized spacial score (nSPS) is 25.5. The Balaban J connectivity index is 1.47. The van der Waals surface area contributed by atoms with E-state index < -0.39 is 5.60 Å². The fourth-order valence-electron chi connectivity index (χ4n) is 4.03. The lowest BCUT2D eigenvalue weighted by Gasteiger charge is -2.39. The largest absolute Gasteiger partial charge is 0.444 e. The Kier molecular flexibility index (Phi) is 4.44. The van der Waals surface area contributed by atoms with Crippen molar-refractivity contribution < 1.29 is 9.53 Å². The number of ether oxygens (including phenoxy) is 1. The molecule has 2 unspecified atom stereocenters. The summed E-state index contributed by atoms with van der Waals surface area (Å²) in [6.45, 7) is 5.64. The van der Waals surface area contributed by atoms with Crippen LogP contribution in [0.4, 0.5) is 10.6 Å². The number of aromatic amines is 1. The molecule has 0 aliphatic carbocycles. The number of carbonyl (C=O) groups is 1. The number of hydrogen-bond acceptors (Lipinski definition) is 6. The summed E-state index contributed by atoms with van der Waals surface area (Å²) in [6.07, 6.45) is 5.52. The second-order valence-corrected chi connectivity index (χ2v) is 9.07. The molecule has 0 aromatic carbocycles. The molecular weight excluding hydrogens is 447 g/mol. The standard InChI is InChI=1S/C17H23IN6O2/c1-17(2,3)26-16(25)20-9-6-10-4-5-11(7-9)24(10)12-8-19-13-14(18)22-23-15(13)21-12/h8-11H,4-7H2,1-3H3,(H,20,25)(H,21,22,23). The van der Waals surface area contributed by atoms with Gasteiger partial charge in [-0.05, 0) is 69.0 Å². The van der Waals surface area contributed by atoms with Gasteiger partial charge >= 0.3 is 6.09 Å². The van der Waals surface area contributed by atoms with Crippen molar-refractivity contribution in [2.24, 2.45) is 0 Å². The van der Waals surface area contributed by atoms with E-state index in [9.17, 15) is 4.79 Å². The Morgan fingerprint density at radius 2 is 2.04 bits per heavy atom. The van der Waals surface area contributed by atoms with E-state index in [0.29, 0.717) is 12.1 Å². The second-order valence-electron chi connectivity index (χ2n) is 8.05. The van der Waals surface area contributed by atoms with Crippen LogP contribution in [-0.4, -0.2) is 50.0 Å². The average Bonchev–Trinajstić information content (AvgIpc) is 3.03. The molecule has 0 spiro atoms. The summed E-state index contributed by atoms with van der Waals surface area (Å²) in [7, 11) is 0. The van der Waals surface area contributed by atoms with Crippen molar-refractivity contribution in [1.82, 2.24) is 25.5 Å². The summed E-state index contributed by atoms with van der Waals surface area (Å²) in [4.78, 5) is 23.7. The number of anilines is 1. The van der Waals surface area contributed by atoms with Gasteiger partial charge in [-0.1, -0.05) is 0 Å². The molecule has 0 saturated carbocycles. The highest BCUT2D eigenvalue weighted by atomic mass is 127. The van der Waals surface area contributed by atoms with Crippen LogP contribution in [0.15, 0.2) is 6.20 Å². The number of halogens is 1. The number of hydrogen-bond donors (Lipinski definition) is 2. The van der Waals surface area contributed by atoms with Gasteiger partial charge in [0.05, 0.1) is 6.20 Å². The van der Waals surface area contributed by atoms with Crippen LogP contribution in [0.5, 0.6) is 0 Å². The lowest BCUT2D eigenvalue weighted by molar-refractivity contribution is 0.0492. The molecule has 8 nitrogen and oxygen atoms in total. The molecule has 9 heteroatoms. The summed E-state index contributed by atoms with van der Waals surface area (Å²) >= 11 is 2.15. The number of fused-ring (bicyclic) bond motifs is 3. The lowest BCUT2D eigenvalue weighted by atomic mass is 9.97. The van der Waals surface area contributed by atoms with Crippen LogP contribution in [0.3, 0.4) is 0 Å². The minimum absolute atomic E-state index is 0.142. The quantitative estimate of drug-likeness (QED) is 0.656. The number of amides is 1. The van der Waals surface area contributed by atoms with E-state index in [1.54, 1.807) is 0 Å². The van der Waals surface area contributed by atoms with E-state index in [0.717, 1.165) is 46.4 Å². The first-order valence-corrected chi connectivity index (χ1v) is 10.0. The van der Waals surface area contributed by atoms with Crippen molar-refractivity contribution in [3.05, 3.63) is 9.90 Å². The van der Waals surface area contributed by atoms with Crippen molar-refractivity contribution >= 4 is 45.7 Å². The lowest BCUT2D eigenvalue weighted by Crippen LogP contribution is -2.51. The van der Waals surface area contributed by atoms with E-state index in [-0.39, 0.29) is 12.1 Å². The molecule has 0 radical (unpaired) electrons. The second kappa shape index (κ2) is 6.50. The van der Waals surface area contributed by atoms with Crippen LogP contribution < -0.4 is 10.2 Å². The summed E-state index contributed by atoms with van der Waals surface area (Å²) in [5, 5.41) is 10.1. The van der Waals surface area contributed by atoms with Crippen molar-refractivity contribution in [2.45, 2.75) is 70.2 Å². The Hall–Kier alpha value is -1.65. The molecule has 4 rings (SSSR count). The van der Waals surface area contributed by atoms with Crippen molar-refractivity contribution in [2.75, 3.05) is 4.90 Å². The van der Waals surface area contributed by atoms with E-state index in [1.165, 1.54) is 0 Å². The van der Waals surface area contributed by atoms with Crippen LogP contribution in [0.1, 0.15) is 46.5 Å². The van der Waals surface area contributed by atoms with Gasteiger partial charge < -0.3 is 15.0 Å². The van der Waals surface area contributed by atoms with E-state index in [2.05, 4.69) is 48.0 Å². The molecule has 26 heavy (non-hydrogen) atoms. The summed E-state index contributed by atoms with van der Waals surface area (Å²) in [6, 6.07) is 0.869. The molecule has 2 atom stereocenters. The SMILES string of the molecule is CC(C)(C)OC(=O)NC1CC2CCC(C1)N2c1cnc2c(I)n[nH]c2n1. The molecule has 2 N–H and O–H groups in total. The predicted molar refractivity (Wildman–Crippen MR) is 106 cm³/mol. The summed E-state index contributed by atoms with van der Waals surface area (Å²) in [5.74, 6) is 0.890. The van der Waals surface area contributed by atoms with Gasteiger partial charge in [0.25, 0.3) is 0 Å². The molecule has 2 saturated heterocycles. The fraction of sp³-hybridized carbons (Fsp3) is 0.647. The van der Waals surface area contributed by atoms with Gasteiger partial charge in [0.2, 0.25) is 0 Å². The van der Waals surface area contributed by atoms with E-state index in [1.807, 2.05) is 27.0 Å². The Morgan fingerprint density at radius 1 is 1.35 bits per heavy atom. The topological polar surface area (TPSA) is 96.0 Å². The number of aromatic nitrogens is 4. The monoisotopic (exact) mass is 470 g/mol. The van der Waals surface area contributed by atoms with Crippen LogP contribution in [0.2, 0.25) is 0 Å². The molecule has 2 aliphatic rings. The van der Waals surface area contributed by atoms with Gasteiger partial charge in [-0.15, -0.1) is 0 Å². The van der Waals surface area contributed by atoms with Crippen LogP contribution >= 0.6 is 22.6 Å². The van der Waals surface area contributed by atoms with Crippen molar-refractivity contribution in [1.29, 1.82) is 0 Å². The predicted octanol–water partition coefficient (Wildman–Crippen LogP) is 2.98. The summed E-state index contributed by atoms with van der Waals surface area (Å²) < 4.78 is 6.23. The third kappa shape index (κ3) is 3.45. The third-order valence-corrected chi connectivity index (χ3v) is 5.69. The molecule has 140 valence electrons. The Labute approximate surface area is 165 Å². The average molecular weight is 470 g/mol. The smallest absolute Gasteiger partial charge is 0.407 e. The third-order valence-electron chi connectivity index (χ3n) is 4.93. The molecule has 2 fully saturated rings. The van der Waals surface area contributed by atoms with Gasteiger partial charge in [0.1, 0.15) is 16.9 Å². The maximum Gasteiger partial charge on any atom is 0.407 e. The van der Waals surface area contributed by atoms with Gasteiger partial charge in [0.15, 0.2) is 9.35 Å². The maximum atomic E-state index is 12.1. The zero-order valence-corrected chi connectivity index (χ0v) is 17.3. The first-order valence-electron chi connectivity index (χ1n) is 8.94. The molecule has 2 aromatic rings. The van der Waals surface area contributed by atoms with Gasteiger partial charge in [-0.3, -0.25) is 5.10 Å². The highest BCUT2D eigenvalue weighted by Gasteiger charge is 2.42. The number of rotatable bonds is 2. The molecular formula is C17H23IN6O2. The first-order chi connectivity index (χ1) is 12.3. The number of piperidine rings is 1. The molecule has 2 aromatic heterocycles. The molecule has 2 bridgehead atoms. The van der Waals surface area contributed by atoms with Gasteiger partial charge in [-0.25, -0.2) is 14.8 Å². The molecule has 4 heterocycles. The van der Waals surface area contributed by atoms with Crippen molar-refractivity contribution in [3.8, 4) is 0 Å². The zero-order valence-electron chi connectivity index (χ0n) is 15.1. The van der Waals surface area contributed by atoms with Gasteiger partial charge in [-0.2, -0.15) is 5.10 Å². The Bertz CT molecular complexity index is 818. The highest BCUT2D eigenvalue weighted by molar-refractivity contribution is 14.1. The van der Waals surface area contributed by atoms with Crippen LogP contribution in [0.25, 0.3) is 11.2 Å². The van der Waals surface area contributed by atoms with Crippen LogP contribution in [0, 0.1) is 3.70 Å². The zero-order chi connectivity index (χ0) is 18.5. The number of alkyl carbamates (subject to hydrolysis) is 1. The number of nitrogens with zero attached hydrogens (tertiary/aromatic N) is 4. The highest BCUT2D eigenvalue weighted by Crippen LogP contribution is 2.38. The first kappa shape index (κ1) is 17.7. The Morgan fingerprint density at radius 3 is 2.69 bits per heavy atom. The van der Waals surface area contributed by atoms with E-state index >= 15 is 0 Å². The molecule has 2 aliphatic heterocycles. The fourth-order valence-corrected chi connectivity index (χ4v) is 4.55. The minimum Gasteiger partial charge on any atom is -0.444 e. The summed E-state index contributed by atoms with van der Waals surface area (Å²) in [5.41, 5.74) is 1.06. The van der Waals surface area contributed by atoms with Gasteiger partial charge in [0, 0.05) is 18.1 Å². The molecule has 1 amide bonds. The van der Waals surface area contributed by atoms with Crippen LogP contribution in [-0.2, 0) is 4.74 Å². The van der Waals surface area contributed by atoms with E-state index in [4.69, 9.17) is 9.72 Å². The maximum absolute atomic E-state index is 12.1. The number of H-pyrrole nitrogens is 1. The number of nitrogens with one attached hydrogen (secondary N) is 2. The minimum atomic E-state index is -0.476. The number of carbonyl (C=O) groups excluding carboxylic acids is 1. The van der Waals surface area contributed by atoms with Crippen molar-refractivity contribution in [3.63, 3.8) is 0 Å².